The van der Waals surface area contributed by atoms with Crippen LogP contribution in [0.15, 0.2) is 35.2 Å². The van der Waals surface area contributed by atoms with Crippen molar-refractivity contribution >= 4 is 23.2 Å². The van der Waals surface area contributed by atoms with Gasteiger partial charge in [0.25, 0.3) is 0 Å². The molecular weight excluding hydrogens is 256 g/mol. The fraction of sp³-hybridized carbons (Fsp3) is 0.400. The molecule has 0 saturated carbocycles. The molecule has 1 aliphatic rings. The summed E-state index contributed by atoms with van der Waals surface area (Å²) in [4.78, 5) is 12.5. The van der Waals surface area contributed by atoms with Crippen LogP contribution in [0.1, 0.15) is 25.8 Å². The van der Waals surface area contributed by atoms with Crippen molar-refractivity contribution in [3.8, 4) is 0 Å². The zero-order valence-electron chi connectivity index (χ0n) is 11.6. The molecule has 1 aromatic rings. The lowest BCUT2D eigenvalue weighted by atomic mass is 9.93. The maximum atomic E-state index is 11.3. The van der Waals surface area contributed by atoms with Crippen molar-refractivity contribution in [1.29, 1.82) is 0 Å². The number of allylic oxidation sites excluding steroid dienone is 1. The Hall–Kier alpha value is -1.26. The van der Waals surface area contributed by atoms with Gasteiger partial charge in [-0.15, -0.1) is 11.8 Å². The van der Waals surface area contributed by atoms with Gasteiger partial charge in [0.05, 0.1) is 0 Å². The van der Waals surface area contributed by atoms with Gasteiger partial charge in [-0.05, 0) is 42.4 Å². The molecule has 0 radical (unpaired) electrons. The highest BCUT2D eigenvalue weighted by Crippen LogP contribution is 2.23. The molecule has 2 unspecified atom stereocenters. The third-order valence-electron chi connectivity index (χ3n) is 3.45. The van der Waals surface area contributed by atoms with Crippen molar-refractivity contribution in [3.63, 3.8) is 0 Å². The summed E-state index contributed by atoms with van der Waals surface area (Å²) < 4.78 is 0. The molecule has 1 aliphatic heterocycles. The molecule has 0 aromatic heterocycles. The number of carbonyl (C=O) groups excluding carboxylic acids is 1. The molecule has 1 heterocycles. The average molecular weight is 276 g/mol. The van der Waals surface area contributed by atoms with Crippen molar-refractivity contribution in [2.75, 3.05) is 6.26 Å². The first-order valence-electron chi connectivity index (χ1n) is 6.47. The van der Waals surface area contributed by atoms with Crippen LogP contribution in [0.2, 0.25) is 0 Å². The number of benzene rings is 1. The number of hydrogen-bond acceptors (Lipinski definition) is 3. The number of amides is 1. The first-order chi connectivity index (χ1) is 9.10. The normalized spacial score (nSPS) is 24.2. The summed E-state index contributed by atoms with van der Waals surface area (Å²) >= 11 is 1.75. The monoisotopic (exact) mass is 276 g/mol. The third-order valence-corrected chi connectivity index (χ3v) is 4.18. The predicted octanol–water partition coefficient (Wildman–Crippen LogP) is 2.84. The lowest BCUT2D eigenvalue weighted by molar-refractivity contribution is -0.125. The fourth-order valence-electron chi connectivity index (χ4n) is 2.22. The Morgan fingerprint density at radius 3 is 2.95 bits per heavy atom. The summed E-state index contributed by atoms with van der Waals surface area (Å²) in [6.07, 6.45) is 4.86. The van der Waals surface area contributed by atoms with Crippen LogP contribution in [-0.4, -0.2) is 18.2 Å². The summed E-state index contributed by atoms with van der Waals surface area (Å²) in [5, 5.41) is 0. The van der Waals surface area contributed by atoms with Gasteiger partial charge in [-0.1, -0.05) is 25.1 Å². The van der Waals surface area contributed by atoms with Gasteiger partial charge in [0.15, 0.2) is 0 Å². The Kier molecular flexibility index (Phi) is 4.66. The number of hydrazine groups is 1. The Bertz CT molecular complexity index is 499. The second-order valence-corrected chi connectivity index (χ2v) is 5.86. The second-order valence-electron chi connectivity index (χ2n) is 4.98. The largest absolute Gasteiger partial charge is 0.291 e. The van der Waals surface area contributed by atoms with Crippen LogP contribution in [0.5, 0.6) is 0 Å². The Morgan fingerprint density at radius 1 is 1.47 bits per heavy atom. The maximum absolute atomic E-state index is 11.3. The molecule has 1 saturated heterocycles. The summed E-state index contributed by atoms with van der Waals surface area (Å²) in [7, 11) is 0. The fourth-order valence-corrected chi connectivity index (χ4v) is 2.68. The van der Waals surface area contributed by atoms with Gasteiger partial charge in [0.1, 0.15) is 0 Å². The highest BCUT2D eigenvalue weighted by atomic mass is 32.2. The van der Waals surface area contributed by atoms with Gasteiger partial charge in [-0.2, -0.15) is 0 Å². The van der Waals surface area contributed by atoms with Gasteiger partial charge in [-0.25, -0.2) is 5.43 Å². The Morgan fingerprint density at radius 2 is 2.26 bits per heavy atom. The predicted molar refractivity (Wildman–Crippen MR) is 80.7 cm³/mol. The van der Waals surface area contributed by atoms with Crippen LogP contribution in [0, 0.1) is 5.92 Å². The van der Waals surface area contributed by atoms with Crippen LogP contribution in [0.3, 0.4) is 0 Å². The molecule has 0 bridgehead atoms. The van der Waals surface area contributed by atoms with Gasteiger partial charge in [-0.3, -0.25) is 10.2 Å². The summed E-state index contributed by atoms with van der Waals surface area (Å²) in [5.41, 5.74) is 8.24. The van der Waals surface area contributed by atoms with E-state index >= 15 is 0 Å². The molecule has 102 valence electrons. The number of thioether (sulfide) groups is 1. The first kappa shape index (κ1) is 14.2. The van der Waals surface area contributed by atoms with E-state index in [0.29, 0.717) is 12.3 Å². The molecule has 1 aromatic carbocycles. The number of carbonyl (C=O) groups is 1. The van der Waals surface area contributed by atoms with Gasteiger partial charge >= 0.3 is 0 Å². The Labute approximate surface area is 118 Å². The number of hydrogen-bond donors (Lipinski definition) is 2. The van der Waals surface area contributed by atoms with Crippen LogP contribution < -0.4 is 10.9 Å². The van der Waals surface area contributed by atoms with Gasteiger partial charge in [0, 0.05) is 17.4 Å². The van der Waals surface area contributed by atoms with Crippen molar-refractivity contribution in [2.24, 2.45) is 5.92 Å². The summed E-state index contributed by atoms with van der Waals surface area (Å²) in [6, 6.07) is 8.71. The minimum Gasteiger partial charge on any atom is -0.291 e. The Balaban J connectivity index is 2.15. The lowest BCUT2D eigenvalue weighted by Gasteiger charge is -2.28. The van der Waals surface area contributed by atoms with Crippen LogP contribution in [-0.2, 0) is 4.79 Å². The van der Waals surface area contributed by atoms with Crippen molar-refractivity contribution in [3.05, 3.63) is 35.9 Å². The molecule has 2 N–H and O–H groups in total. The molecule has 0 aliphatic carbocycles. The van der Waals surface area contributed by atoms with E-state index in [9.17, 15) is 4.79 Å². The lowest BCUT2D eigenvalue weighted by Crippen LogP contribution is -2.52. The zero-order chi connectivity index (χ0) is 13.8. The van der Waals surface area contributed by atoms with E-state index in [1.807, 2.05) is 0 Å². The minimum atomic E-state index is 0.0687. The van der Waals surface area contributed by atoms with E-state index < -0.39 is 0 Å². The van der Waals surface area contributed by atoms with E-state index in [1.54, 1.807) is 11.8 Å². The SMILES string of the molecule is CSc1cccc(/C(C)=C/C2NNC(=O)CC2C)c1. The molecule has 2 atom stereocenters. The van der Waals surface area contributed by atoms with Crippen molar-refractivity contribution in [1.82, 2.24) is 10.9 Å². The van der Waals surface area contributed by atoms with Gasteiger partial charge < -0.3 is 0 Å². The van der Waals surface area contributed by atoms with Crippen LogP contribution >= 0.6 is 11.8 Å². The zero-order valence-corrected chi connectivity index (χ0v) is 12.4. The molecule has 3 nitrogen and oxygen atoms in total. The smallest absolute Gasteiger partial charge is 0.234 e. The maximum Gasteiger partial charge on any atom is 0.234 e. The number of nitrogens with one attached hydrogen (secondary N) is 2. The van der Waals surface area contributed by atoms with Crippen LogP contribution in [0.4, 0.5) is 0 Å². The molecular formula is C15H20N2OS. The van der Waals surface area contributed by atoms with Crippen molar-refractivity contribution < 1.29 is 4.79 Å². The van der Waals surface area contributed by atoms with Crippen LogP contribution in [0.25, 0.3) is 5.57 Å². The summed E-state index contributed by atoms with van der Waals surface area (Å²) in [5.74, 6) is 0.381. The van der Waals surface area contributed by atoms with E-state index in [4.69, 9.17) is 0 Å². The molecule has 4 heteroatoms. The van der Waals surface area contributed by atoms with E-state index in [2.05, 4.69) is 61.3 Å². The highest BCUT2D eigenvalue weighted by Gasteiger charge is 2.23. The van der Waals surface area contributed by atoms with Gasteiger partial charge in [0.2, 0.25) is 5.91 Å². The standard InChI is InChI=1S/C15H20N2OS/c1-10(12-5-4-6-13(9-12)19-3)7-14-11(2)8-15(18)17-16-14/h4-7,9,11,14,16H,8H2,1-3H3,(H,17,18)/b10-7+. The molecule has 19 heavy (non-hydrogen) atoms. The van der Waals surface area contributed by atoms with E-state index in [0.717, 1.165) is 0 Å². The highest BCUT2D eigenvalue weighted by molar-refractivity contribution is 7.98. The molecule has 1 amide bonds. The molecule has 1 fully saturated rings. The summed E-state index contributed by atoms with van der Waals surface area (Å²) in [6.45, 7) is 4.21. The topological polar surface area (TPSA) is 41.1 Å². The molecule has 2 rings (SSSR count). The third kappa shape index (κ3) is 3.61. The average Bonchev–Trinajstić information content (AvgIpc) is 2.42. The van der Waals surface area contributed by atoms with Crippen molar-refractivity contribution in [2.45, 2.75) is 31.2 Å². The minimum absolute atomic E-state index is 0.0687. The first-order valence-corrected chi connectivity index (χ1v) is 7.70. The molecule has 0 spiro atoms. The number of rotatable bonds is 3. The van der Waals surface area contributed by atoms with E-state index in [1.165, 1.54) is 16.0 Å². The quantitative estimate of drug-likeness (QED) is 0.834. The van der Waals surface area contributed by atoms with E-state index in [-0.39, 0.29) is 11.9 Å². The second kappa shape index (κ2) is 6.26.